The maximum Gasteiger partial charge on any atom is -0.0246 e. The summed E-state index contributed by atoms with van der Waals surface area (Å²) in [7, 11) is 0. The van der Waals surface area contributed by atoms with E-state index in [4.69, 9.17) is 0 Å². The lowest BCUT2D eigenvalue weighted by Crippen LogP contribution is -2.52. The number of fused-ring (bicyclic) bond motifs is 1. The Hall–Kier alpha value is 0. The van der Waals surface area contributed by atoms with Crippen molar-refractivity contribution in [3.05, 3.63) is 0 Å². The van der Waals surface area contributed by atoms with E-state index < -0.39 is 0 Å². The van der Waals surface area contributed by atoms with Crippen LogP contribution < -0.4 is 0 Å². The van der Waals surface area contributed by atoms with Crippen molar-refractivity contribution in [3.8, 4) is 0 Å². The van der Waals surface area contributed by atoms with Crippen molar-refractivity contribution in [2.24, 2.45) is 17.3 Å². The zero-order valence-electron chi connectivity index (χ0n) is 6.48. The molecule has 52 valence electrons. The molecule has 2 rings (SSSR count). The van der Waals surface area contributed by atoms with Crippen LogP contribution in [0.25, 0.3) is 0 Å². The first-order valence-corrected chi connectivity index (χ1v) is 4.26. The first kappa shape index (κ1) is 5.76. The molecule has 0 spiro atoms. The van der Waals surface area contributed by atoms with Gasteiger partial charge in [-0.3, -0.25) is 0 Å². The van der Waals surface area contributed by atoms with Crippen LogP contribution in [-0.4, -0.2) is 0 Å². The van der Waals surface area contributed by atoms with E-state index >= 15 is 0 Å². The van der Waals surface area contributed by atoms with Gasteiger partial charge in [0.25, 0.3) is 0 Å². The third-order valence-corrected chi connectivity index (χ3v) is 3.88. The molecule has 0 aromatic rings. The Morgan fingerprint density at radius 2 is 1.78 bits per heavy atom. The molecule has 9 heavy (non-hydrogen) atoms. The highest BCUT2D eigenvalue weighted by atomic mass is 14.6. The molecule has 0 atom stereocenters. The molecule has 0 aromatic carbocycles. The van der Waals surface area contributed by atoms with Gasteiger partial charge >= 0.3 is 0 Å². The molecule has 0 heteroatoms. The van der Waals surface area contributed by atoms with Gasteiger partial charge < -0.3 is 0 Å². The molecule has 2 fully saturated rings. The number of hydrogen-bond acceptors (Lipinski definition) is 0. The standard InChI is InChI=1S/C9H16/c1-7(2)9-5-3-8(9)4-6-9/h7-8H,3-6H2,1-2H3. The monoisotopic (exact) mass is 124 g/mol. The highest BCUT2D eigenvalue weighted by Gasteiger charge is 2.54. The molecule has 0 saturated heterocycles. The van der Waals surface area contributed by atoms with Crippen molar-refractivity contribution < 1.29 is 0 Å². The average Bonchev–Trinajstić information content (AvgIpc) is 1.76. The predicted octanol–water partition coefficient (Wildman–Crippen LogP) is 2.83. The first-order valence-electron chi connectivity index (χ1n) is 4.26. The molecule has 0 bridgehead atoms. The Balaban J connectivity index is 2.08. The highest BCUT2D eigenvalue weighted by molar-refractivity contribution is 5.04. The Morgan fingerprint density at radius 1 is 1.22 bits per heavy atom. The van der Waals surface area contributed by atoms with Crippen molar-refractivity contribution >= 4 is 0 Å². The zero-order valence-corrected chi connectivity index (χ0v) is 6.48. The van der Waals surface area contributed by atoms with Crippen LogP contribution >= 0.6 is 0 Å². The summed E-state index contributed by atoms with van der Waals surface area (Å²) in [6.07, 6.45) is 6.15. The maximum atomic E-state index is 2.39. The maximum absolute atomic E-state index is 2.39. The van der Waals surface area contributed by atoms with Gasteiger partial charge in [0.15, 0.2) is 0 Å². The van der Waals surface area contributed by atoms with Gasteiger partial charge in [0.2, 0.25) is 0 Å². The van der Waals surface area contributed by atoms with E-state index in [0.29, 0.717) is 0 Å². The quantitative estimate of drug-likeness (QED) is 0.504. The molecule has 0 nitrogen and oxygen atoms in total. The fraction of sp³-hybridized carbons (Fsp3) is 1.00. The lowest BCUT2D eigenvalue weighted by molar-refractivity contribution is -0.112. The van der Waals surface area contributed by atoms with Gasteiger partial charge in [-0.25, -0.2) is 0 Å². The topological polar surface area (TPSA) is 0 Å². The van der Waals surface area contributed by atoms with Crippen molar-refractivity contribution in [2.45, 2.75) is 39.5 Å². The molecule has 0 N–H and O–H groups in total. The van der Waals surface area contributed by atoms with Gasteiger partial charge in [0.05, 0.1) is 0 Å². The van der Waals surface area contributed by atoms with Crippen molar-refractivity contribution in [2.75, 3.05) is 0 Å². The van der Waals surface area contributed by atoms with Crippen LogP contribution in [0.3, 0.4) is 0 Å². The largest absolute Gasteiger partial charge is 0.0622 e. The second kappa shape index (κ2) is 1.53. The second-order valence-electron chi connectivity index (χ2n) is 4.16. The smallest absolute Gasteiger partial charge is 0.0246 e. The Bertz CT molecular complexity index is 112. The predicted molar refractivity (Wildman–Crippen MR) is 39.2 cm³/mol. The third kappa shape index (κ3) is 0.500. The molecule has 0 amide bonds. The van der Waals surface area contributed by atoms with Crippen LogP contribution in [0, 0.1) is 17.3 Å². The van der Waals surface area contributed by atoms with Crippen LogP contribution in [0.2, 0.25) is 0 Å². The van der Waals surface area contributed by atoms with E-state index in [1.54, 1.807) is 0 Å². The zero-order chi connectivity index (χ0) is 6.48. The summed E-state index contributed by atoms with van der Waals surface area (Å²) in [5.41, 5.74) is 0.861. The van der Waals surface area contributed by atoms with Crippen LogP contribution in [0.4, 0.5) is 0 Å². The fourth-order valence-corrected chi connectivity index (χ4v) is 2.76. The minimum atomic E-state index is 0.861. The summed E-state index contributed by atoms with van der Waals surface area (Å²) < 4.78 is 0. The van der Waals surface area contributed by atoms with Crippen molar-refractivity contribution in [3.63, 3.8) is 0 Å². The molecular formula is C9H16. The summed E-state index contributed by atoms with van der Waals surface area (Å²) in [5, 5.41) is 0. The third-order valence-electron chi connectivity index (χ3n) is 3.88. The molecule has 2 aliphatic carbocycles. The number of hydrogen-bond donors (Lipinski definition) is 0. The number of rotatable bonds is 1. The molecule has 0 aliphatic heterocycles. The van der Waals surface area contributed by atoms with Crippen molar-refractivity contribution in [1.82, 2.24) is 0 Å². The van der Waals surface area contributed by atoms with E-state index in [0.717, 1.165) is 17.3 Å². The van der Waals surface area contributed by atoms with E-state index in [1.807, 2.05) is 0 Å². The molecule has 0 radical (unpaired) electrons. The Kier molecular flexibility index (Phi) is 0.980. The normalized spacial score (nSPS) is 47.7. The van der Waals surface area contributed by atoms with Crippen LogP contribution in [-0.2, 0) is 0 Å². The van der Waals surface area contributed by atoms with E-state index in [1.165, 1.54) is 25.7 Å². The molecule has 2 saturated carbocycles. The van der Waals surface area contributed by atoms with Crippen LogP contribution in [0.1, 0.15) is 39.5 Å². The molecular weight excluding hydrogens is 108 g/mol. The average molecular weight is 124 g/mol. The summed E-state index contributed by atoms with van der Waals surface area (Å²) >= 11 is 0. The summed E-state index contributed by atoms with van der Waals surface area (Å²) in [4.78, 5) is 0. The first-order chi connectivity index (χ1) is 4.26. The summed E-state index contributed by atoms with van der Waals surface area (Å²) in [5.74, 6) is 2.11. The Morgan fingerprint density at radius 3 is 1.78 bits per heavy atom. The van der Waals surface area contributed by atoms with Crippen LogP contribution in [0.5, 0.6) is 0 Å². The van der Waals surface area contributed by atoms with Gasteiger partial charge in [-0.2, -0.15) is 0 Å². The van der Waals surface area contributed by atoms with E-state index in [9.17, 15) is 0 Å². The highest BCUT2D eigenvalue weighted by Crippen LogP contribution is 2.64. The molecule has 0 heterocycles. The van der Waals surface area contributed by atoms with Crippen LogP contribution in [0.15, 0.2) is 0 Å². The van der Waals surface area contributed by atoms with Gasteiger partial charge in [0, 0.05) is 0 Å². The van der Waals surface area contributed by atoms with E-state index in [-0.39, 0.29) is 0 Å². The minimum absolute atomic E-state index is 0.861. The van der Waals surface area contributed by atoms with Gasteiger partial charge in [-0.1, -0.05) is 13.8 Å². The van der Waals surface area contributed by atoms with Gasteiger partial charge in [-0.15, -0.1) is 0 Å². The summed E-state index contributed by atoms with van der Waals surface area (Å²) in [6, 6.07) is 0. The van der Waals surface area contributed by atoms with Crippen molar-refractivity contribution in [1.29, 1.82) is 0 Å². The van der Waals surface area contributed by atoms with E-state index in [2.05, 4.69) is 13.8 Å². The lowest BCUT2D eigenvalue weighted by atomic mass is 9.44. The van der Waals surface area contributed by atoms with Gasteiger partial charge in [-0.05, 0) is 42.9 Å². The minimum Gasteiger partial charge on any atom is -0.0622 e. The van der Waals surface area contributed by atoms with Gasteiger partial charge in [0.1, 0.15) is 0 Å². The second-order valence-corrected chi connectivity index (χ2v) is 4.16. The summed E-state index contributed by atoms with van der Waals surface area (Å²) in [6.45, 7) is 4.79. The SMILES string of the molecule is CC(C)C12CCC1CC2. The lowest BCUT2D eigenvalue weighted by Gasteiger charge is -2.61. The molecule has 0 aromatic heterocycles. The molecule has 0 unspecified atom stereocenters. The Labute approximate surface area is 57.6 Å². The fourth-order valence-electron chi connectivity index (χ4n) is 2.76. The molecule has 2 aliphatic rings.